The molecule has 3 aromatic rings. The Morgan fingerprint density at radius 3 is 2.52 bits per heavy atom. The maximum Gasteiger partial charge on any atom is 0.251 e. The van der Waals surface area contributed by atoms with E-state index in [4.69, 9.17) is 11.0 Å². The molecule has 3 rings (SSSR count). The number of benzene rings is 1. The SMILES string of the molecule is CCCCCc1c(-c2ccc(C#N)cc2)c(C(N)=O)c(C)n1Cc1ccccn1. The second kappa shape index (κ2) is 9.20. The molecule has 0 unspecified atom stereocenters. The first-order valence-corrected chi connectivity index (χ1v) is 9.99. The van der Waals surface area contributed by atoms with Crippen molar-refractivity contribution in [3.8, 4) is 17.2 Å². The predicted octanol–water partition coefficient (Wildman–Crippen LogP) is 4.61. The number of unbranched alkanes of at least 4 members (excludes halogenated alkanes) is 2. The number of hydrogen-bond donors (Lipinski definition) is 1. The summed E-state index contributed by atoms with van der Waals surface area (Å²) in [6.45, 7) is 4.71. The van der Waals surface area contributed by atoms with E-state index in [2.05, 4.69) is 22.5 Å². The second-order valence-electron chi connectivity index (χ2n) is 7.20. The van der Waals surface area contributed by atoms with Gasteiger partial charge in [0.25, 0.3) is 5.91 Å². The predicted molar refractivity (Wildman–Crippen MR) is 114 cm³/mol. The van der Waals surface area contributed by atoms with Crippen LogP contribution in [0.15, 0.2) is 48.7 Å². The highest BCUT2D eigenvalue weighted by Crippen LogP contribution is 2.34. The van der Waals surface area contributed by atoms with Gasteiger partial charge in [0.05, 0.1) is 29.4 Å². The summed E-state index contributed by atoms with van der Waals surface area (Å²) in [6, 6.07) is 15.3. The fourth-order valence-corrected chi connectivity index (χ4v) is 3.79. The zero-order chi connectivity index (χ0) is 20.8. The van der Waals surface area contributed by atoms with Gasteiger partial charge in [-0.3, -0.25) is 9.78 Å². The van der Waals surface area contributed by atoms with Crippen LogP contribution in [0.25, 0.3) is 11.1 Å². The molecule has 1 aromatic carbocycles. The maximum absolute atomic E-state index is 12.4. The number of hydrogen-bond acceptors (Lipinski definition) is 3. The van der Waals surface area contributed by atoms with E-state index in [0.29, 0.717) is 17.7 Å². The average molecular weight is 386 g/mol. The summed E-state index contributed by atoms with van der Waals surface area (Å²) in [6.07, 6.45) is 5.90. The van der Waals surface area contributed by atoms with Crippen molar-refractivity contribution < 1.29 is 4.79 Å². The van der Waals surface area contributed by atoms with Crippen molar-refractivity contribution in [3.63, 3.8) is 0 Å². The normalized spacial score (nSPS) is 10.7. The largest absolute Gasteiger partial charge is 0.366 e. The number of aromatic nitrogens is 2. The average Bonchev–Trinajstić information content (AvgIpc) is 3.01. The van der Waals surface area contributed by atoms with Crippen LogP contribution in [0.3, 0.4) is 0 Å². The standard InChI is InChI=1S/C24H26N4O/c1-3-4-5-9-21-23(19-12-10-18(15-25)11-13-19)22(24(26)29)17(2)28(21)16-20-8-6-7-14-27-20/h6-8,10-14H,3-5,9,16H2,1-2H3,(H2,26,29). The van der Waals surface area contributed by atoms with Gasteiger partial charge in [0, 0.05) is 23.1 Å². The van der Waals surface area contributed by atoms with Crippen molar-refractivity contribution in [2.75, 3.05) is 0 Å². The van der Waals surface area contributed by atoms with Crippen LogP contribution in [-0.2, 0) is 13.0 Å². The fraction of sp³-hybridized carbons (Fsp3) is 0.292. The Kier molecular flexibility index (Phi) is 6.46. The number of amides is 1. The van der Waals surface area contributed by atoms with Crippen molar-refractivity contribution in [2.24, 2.45) is 5.73 Å². The third-order valence-corrected chi connectivity index (χ3v) is 5.24. The van der Waals surface area contributed by atoms with Gasteiger partial charge in [-0.2, -0.15) is 5.26 Å². The number of nitrogens with zero attached hydrogens (tertiary/aromatic N) is 3. The van der Waals surface area contributed by atoms with Crippen molar-refractivity contribution in [3.05, 3.63) is 76.9 Å². The molecule has 0 radical (unpaired) electrons. The Morgan fingerprint density at radius 1 is 1.17 bits per heavy atom. The molecule has 5 nitrogen and oxygen atoms in total. The third kappa shape index (κ3) is 4.38. The van der Waals surface area contributed by atoms with Crippen LogP contribution >= 0.6 is 0 Å². The molecule has 0 fully saturated rings. The molecular weight excluding hydrogens is 360 g/mol. The van der Waals surface area contributed by atoms with E-state index in [1.807, 2.05) is 37.3 Å². The van der Waals surface area contributed by atoms with Crippen molar-refractivity contribution in [1.82, 2.24) is 9.55 Å². The third-order valence-electron chi connectivity index (χ3n) is 5.24. The number of carbonyl (C=O) groups excluding carboxylic acids is 1. The summed E-state index contributed by atoms with van der Waals surface area (Å²) >= 11 is 0. The minimum atomic E-state index is -0.432. The second-order valence-corrected chi connectivity index (χ2v) is 7.20. The Bertz CT molecular complexity index is 1030. The number of nitrogens with two attached hydrogens (primary N) is 1. The molecule has 0 spiro atoms. The van der Waals surface area contributed by atoms with E-state index >= 15 is 0 Å². The smallest absolute Gasteiger partial charge is 0.251 e. The van der Waals surface area contributed by atoms with Crippen LogP contribution in [0.2, 0.25) is 0 Å². The molecule has 0 saturated heterocycles. The van der Waals surface area contributed by atoms with E-state index in [9.17, 15) is 4.79 Å². The summed E-state index contributed by atoms with van der Waals surface area (Å²) in [7, 11) is 0. The first-order chi connectivity index (χ1) is 14.1. The molecule has 29 heavy (non-hydrogen) atoms. The van der Waals surface area contributed by atoms with Gasteiger partial charge in [-0.15, -0.1) is 0 Å². The summed E-state index contributed by atoms with van der Waals surface area (Å²) in [5.74, 6) is -0.432. The lowest BCUT2D eigenvalue weighted by Crippen LogP contribution is -2.14. The van der Waals surface area contributed by atoms with E-state index in [1.165, 1.54) is 0 Å². The Balaban J connectivity index is 2.18. The van der Waals surface area contributed by atoms with Crippen molar-refractivity contribution in [1.29, 1.82) is 5.26 Å². The number of carbonyl (C=O) groups is 1. The van der Waals surface area contributed by atoms with Gasteiger partial charge in [-0.25, -0.2) is 0 Å². The van der Waals surface area contributed by atoms with Crippen molar-refractivity contribution in [2.45, 2.75) is 46.1 Å². The van der Waals surface area contributed by atoms with Crippen LogP contribution in [0.5, 0.6) is 0 Å². The number of primary amides is 1. The number of pyridine rings is 1. The molecule has 1 amide bonds. The Morgan fingerprint density at radius 2 is 1.93 bits per heavy atom. The van der Waals surface area contributed by atoms with Crippen LogP contribution in [0.1, 0.15) is 59.2 Å². The lowest BCUT2D eigenvalue weighted by molar-refractivity contribution is 0.1000. The lowest BCUT2D eigenvalue weighted by Gasteiger charge is -2.13. The molecule has 0 saturated carbocycles. The molecule has 0 bridgehead atoms. The highest BCUT2D eigenvalue weighted by Gasteiger charge is 2.24. The molecule has 2 N–H and O–H groups in total. The van der Waals surface area contributed by atoms with E-state index < -0.39 is 5.91 Å². The highest BCUT2D eigenvalue weighted by atomic mass is 16.1. The molecule has 2 aromatic heterocycles. The summed E-state index contributed by atoms with van der Waals surface area (Å²) in [5.41, 5.74) is 11.6. The van der Waals surface area contributed by atoms with Crippen LogP contribution in [-0.4, -0.2) is 15.5 Å². The molecular formula is C24H26N4O. The van der Waals surface area contributed by atoms with Gasteiger partial charge < -0.3 is 10.3 Å². The van der Waals surface area contributed by atoms with Gasteiger partial charge in [-0.1, -0.05) is 38.0 Å². The zero-order valence-electron chi connectivity index (χ0n) is 17.0. The van der Waals surface area contributed by atoms with Gasteiger partial charge in [0.2, 0.25) is 0 Å². The van der Waals surface area contributed by atoms with E-state index in [1.54, 1.807) is 18.3 Å². The van der Waals surface area contributed by atoms with Gasteiger partial charge >= 0.3 is 0 Å². The van der Waals surface area contributed by atoms with Gasteiger partial charge in [-0.05, 0) is 49.6 Å². The quantitative estimate of drug-likeness (QED) is 0.574. The molecule has 148 valence electrons. The molecule has 0 aliphatic rings. The van der Waals surface area contributed by atoms with Crippen LogP contribution in [0.4, 0.5) is 0 Å². The molecule has 0 aliphatic heterocycles. The molecule has 0 atom stereocenters. The Hall–Kier alpha value is -3.39. The van der Waals surface area contributed by atoms with E-state index in [0.717, 1.165) is 53.9 Å². The van der Waals surface area contributed by atoms with Crippen LogP contribution in [0, 0.1) is 18.3 Å². The topological polar surface area (TPSA) is 84.7 Å². The first-order valence-electron chi connectivity index (χ1n) is 9.99. The summed E-state index contributed by atoms with van der Waals surface area (Å²) in [4.78, 5) is 16.9. The Labute approximate surface area is 171 Å². The summed E-state index contributed by atoms with van der Waals surface area (Å²) in [5, 5.41) is 9.12. The van der Waals surface area contributed by atoms with Crippen molar-refractivity contribution >= 4 is 5.91 Å². The number of rotatable bonds is 8. The fourth-order valence-electron chi connectivity index (χ4n) is 3.79. The lowest BCUT2D eigenvalue weighted by atomic mass is 9.96. The van der Waals surface area contributed by atoms with Gasteiger partial charge in [0.15, 0.2) is 0 Å². The molecule has 0 aliphatic carbocycles. The minimum absolute atomic E-state index is 0.432. The van der Waals surface area contributed by atoms with Crippen LogP contribution < -0.4 is 5.73 Å². The minimum Gasteiger partial charge on any atom is -0.366 e. The van der Waals surface area contributed by atoms with E-state index in [-0.39, 0.29) is 0 Å². The summed E-state index contributed by atoms with van der Waals surface area (Å²) < 4.78 is 2.17. The highest BCUT2D eigenvalue weighted by molar-refractivity contribution is 6.02. The number of nitriles is 1. The first kappa shape index (κ1) is 20.3. The van der Waals surface area contributed by atoms with Gasteiger partial charge in [0.1, 0.15) is 0 Å². The maximum atomic E-state index is 12.4. The monoisotopic (exact) mass is 386 g/mol. The zero-order valence-corrected chi connectivity index (χ0v) is 17.0. The molecule has 2 heterocycles. The molecule has 5 heteroatoms.